The van der Waals surface area contributed by atoms with Gasteiger partial charge in [-0.3, -0.25) is 0 Å². The number of hydrogen-bond acceptors (Lipinski definition) is 3. The average Bonchev–Trinajstić information content (AvgIpc) is 3.48. The molecule has 138 valence electrons. The quantitative estimate of drug-likeness (QED) is 0.563. The second kappa shape index (κ2) is 9.17. The molecule has 1 aliphatic rings. The van der Waals surface area contributed by atoms with Crippen LogP contribution in [0.15, 0.2) is 47.6 Å². The zero-order valence-corrected chi connectivity index (χ0v) is 15.0. The molecular weight excluding hydrogens is 331 g/mol. The Morgan fingerprint density at radius 2 is 2.12 bits per heavy atom. The van der Waals surface area contributed by atoms with E-state index in [2.05, 4.69) is 20.6 Å². The van der Waals surface area contributed by atoms with Gasteiger partial charge in [0.15, 0.2) is 5.96 Å². The van der Waals surface area contributed by atoms with E-state index in [1.807, 2.05) is 25.1 Å². The first-order valence-electron chi connectivity index (χ1n) is 9.08. The van der Waals surface area contributed by atoms with Gasteiger partial charge in [-0.25, -0.2) is 14.4 Å². The van der Waals surface area contributed by atoms with Crippen molar-refractivity contribution in [2.45, 2.75) is 32.9 Å². The maximum absolute atomic E-state index is 13.7. The van der Waals surface area contributed by atoms with E-state index in [-0.39, 0.29) is 5.82 Å². The van der Waals surface area contributed by atoms with E-state index < -0.39 is 0 Å². The van der Waals surface area contributed by atoms with Gasteiger partial charge in [-0.05, 0) is 43.4 Å². The molecule has 0 radical (unpaired) electrons. The van der Waals surface area contributed by atoms with Crippen LogP contribution in [0.3, 0.4) is 0 Å². The van der Waals surface area contributed by atoms with Gasteiger partial charge in [0, 0.05) is 30.9 Å². The lowest BCUT2D eigenvalue weighted by Gasteiger charge is -2.12. The van der Waals surface area contributed by atoms with E-state index in [4.69, 9.17) is 4.74 Å². The van der Waals surface area contributed by atoms with Crippen LogP contribution in [0.4, 0.5) is 4.39 Å². The lowest BCUT2D eigenvalue weighted by Crippen LogP contribution is -2.37. The fourth-order valence-corrected chi connectivity index (χ4v) is 2.45. The lowest BCUT2D eigenvalue weighted by atomic mass is 10.2. The van der Waals surface area contributed by atoms with Crippen molar-refractivity contribution in [1.29, 1.82) is 0 Å². The molecule has 1 aromatic heterocycles. The van der Waals surface area contributed by atoms with Crippen LogP contribution in [-0.2, 0) is 13.1 Å². The van der Waals surface area contributed by atoms with Crippen molar-refractivity contribution in [1.82, 2.24) is 15.6 Å². The highest BCUT2D eigenvalue weighted by Crippen LogP contribution is 2.29. The first-order chi connectivity index (χ1) is 12.7. The van der Waals surface area contributed by atoms with E-state index in [1.165, 1.54) is 18.9 Å². The topological polar surface area (TPSA) is 58.5 Å². The molecule has 1 aromatic carbocycles. The minimum Gasteiger partial charge on any atom is -0.477 e. The molecule has 1 aliphatic carbocycles. The molecule has 2 aromatic rings. The molecule has 0 unspecified atom stereocenters. The van der Waals surface area contributed by atoms with Crippen LogP contribution in [0.2, 0.25) is 0 Å². The van der Waals surface area contributed by atoms with Crippen molar-refractivity contribution in [3.63, 3.8) is 0 Å². The summed E-state index contributed by atoms with van der Waals surface area (Å²) in [6.45, 7) is 4.35. The Balaban J connectivity index is 1.57. The number of pyridine rings is 1. The summed E-state index contributed by atoms with van der Waals surface area (Å²) in [5.41, 5.74) is 1.63. The number of halogens is 1. The van der Waals surface area contributed by atoms with Crippen molar-refractivity contribution >= 4 is 5.96 Å². The van der Waals surface area contributed by atoms with Crippen molar-refractivity contribution in [2.75, 3.05) is 13.2 Å². The summed E-state index contributed by atoms with van der Waals surface area (Å²) in [6, 6.07) is 10.6. The van der Waals surface area contributed by atoms with Gasteiger partial charge in [0.25, 0.3) is 0 Å². The predicted molar refractivity (Wildman–Crippen MR) is 101 cm³/mol. The van der Waals surface area contributed by atoms with Gasteiger partial charge in [0.1, 0.15) is 5.82 Å². The van der Waals surface area contributed by atoms with Gasteiger partial charge in [-0.1, -0.05) is 18.2 Å². The molecule has 3 rings (SSSR count). The number of ether oxygens (including phenoxy) is 1. The number of nitrogens with zero attached hydrogens (tertiary/aromatic N) is 2. The van der Waals surface area contributed by atoms with Crippen LogP contribution in [0.25, 0.3) is 0 Å². The van der Waals surface area contributed by atoms with Crippen LogP contribution in [0.5, 0.6) is 5.88 Å². The minimum atomic E-state index is -0.220. The Morgan fingerprint density at radius 1 is 1.27 bits per heavy atom. The maximum atomic E-state index is 13.7. The first-order valence-corrected chi connectivity index (χ1v) is 9.08. The maximum Gasteiger partial charge on any atom is 0.213 e. The number of rotatable bonds is 8. The molecule has 0 bridgehead atoms. The summed E-state index contributed by atoms with van der Waals surface area (Å²) in [7, 11) is 0. The third-order valence-electron chi connectivity index (χ3n) is 4.13. The predicted octanol–water partition coefficient (Wildman–Crippen LogP) is 3.26. The highest BCUT2D eigenvalue weighted by Gasteiger charge is 2.22. The van der Waals surface area contributed by atoms with Crippen LogP contribution >= 0.6 is 0 Å². The molecule has 1 heterocycles. The van der Waals surface area contributed by atoms with Crippen LogP contribution < -0.4 is 15.4 Å². The van der Waals surface area contributed by atoms with Crippen LogP contribution in [0, 0.1) is 11.7 Å². The van der Waals surface area contributed by atoms with Crippen molar-refractivity contribution in [3.8, 4) is 5.88 Å². The Morgan fingerprint density at radius 3 is 2.88 bits per heavy atom. The zero-order valence-electron chi connectivity index (χ0n) is 15.0. The van der Waals surface area contributed by atoms with E-state index in [0.717, 1.165) is 18.7 Å². The van der Waals surface area contributed by atoms with E-state index >= 15 is 0 Å². The van der Waals surface area contributed by atoms with Crippen molar-refractivity contribution in [3.05, 3.63) is 59.5 Å². The lowest BCUT2D eigenvalue weighted by molar-refractivity contribution is 0.288. The van der Waals surface area contributed by atoms with E-state index in [9.17, 15) is 4.39 Å². The molecule has 0 spiro atoms. The second-order valence-electron chi connectivity index (χ2n) is 6.40. The Hall–Kier alpha value is -2.63. The molecule has 0 saturated heterocycles. The van der Waals surface area contributed by atoms with Gasteiger partial charge in [-0.15, -0.1) is 0 Å². The smallest absolute Gasteiger partial charge is 0.213 e. The summed E-state index contributed by atoms with van der Waals surface area (Å²) < 4.78 is 19.4. The van der Waals surface area contributed by atoms with Gasteiger partial charge in [0.05, 0.1) is 13.2 Å². The number of nitrogens with one attached hydrogen (secondary N) is 2. The fraction of sp³-hybridized carbons (Fsp3) is 0.400. The summed E-state index contributed by atoms with van der Waals surface area (Å²) in [4.78, 5) is 8.81. The minimum absolute atomic E-state index is 0.220. The number of benzene rings is 1. The molecule has 26 heavy (non-hydrogen) atoms. The number of aromatic nitrogens is 1. The molecule has 0 amide bonds. The van der Waals surface area contributed by atoms with Gasteiger partial charge >= 0.3 is 0 Å². The zero-order chi connectivity index (χ0) is 18.2. The number of hydrogen-bond donors (Lipinski definition) is 2. The normalized spacial score (nSPS) is 14.2. The third kappa shape index (κ3) is 5.72. The molecule has 5 nitrogen and oxygen atoms in total. The van der Waals surface area contributed by atoms with Crippen LogP contribution in [0.1, 0.15) is 30.9 Å². The van der Waals surface area contributed by atoms with Gasteiger partial charge < -0.3 is 15.4 Å². The second-order valence-corrected chi connectivity index (χ2v) is 6.40. The summed E-state index contributed by atoms with van der Waals surface area (Å²) in [6.07, 6.45) is 4.25. The highest BCUT2D eigenvalue weighted by atomic mass is 19.1. The molecule has 2 N–H and O–H groups in total. The van der Waals surface area contributed by atoms with Crippen molar-refractivity contribution in [2.24, 2.45) is 10.9 Å². The van der Waals surface area contributed by atoms with Gasteiger partial charge in [0.2, 0.25) is 5.88 Å². The van der Waals surface area contributed by atoms with E-state index in [1.54, 1.807) is 18.3 Å². The molecular formula is C20H25FN4O. The third-order valence-corrected chi connectivity index (χ3v) is 4.13. The molecule has 1 saturated carbocycles. The summed E-state index contributed by atoms with van der Waals surface area (Å²) >= 11 is 0. The van der Waals surface area contributed by atoms with Gasteiger partial charge in [-0.2, -0.15) is 0 Å². The SMILES string of the molecule is CCNC(=NCc1ccnc(OCC2CC2)c1)NCc1ccccc1F. The van der Waals surface area contributed by atoms with Crippen molar-refractivity contribution < 1.29 is 9.13 Å². The standard InChI is InChI=1S/C20H25FN4O/c1-2-22-20(25-13-17-5-3-4-6-18(17)21)24-12-16-9-10-23-19(11-16)26-14-15-7-8-15/h3-6,9-11,15H,2,7-8,12-14H2,1H3,(H2,22,24,25). The fourth-order valence-electron chi connectivity index (χ4n) is 2.45. The molecule has 6 heteroatoms. The van der Waals surface area contributed by atoms with Crippen LogP contribution in [-0.4, -0.2) is 24.1 Å². The largest absolute Gasteiger partial charge is 0.477 e. The Bertz CT molecular complexity index is 746. The number of aliphatic imine (C=N–C) groups is 1. The number of guanidine groups is 1. The summed E-state index contributed by atoms with van der Waals surface area (Å²) in [5.74, 6) is 1.77. The Kier molecular flexibility index (Phi) is 6.41. The first kappa shape index (κ1) is 18.2. The monoisotopic (exact) mass is 356 g/mol. The molecule has 1 fully saturated rings. The highest BCUT2D eigenvalue weighted by molar-refractivity contribution is 5.79. The average molecular weight is 356 g/mol. The van der Waals surface area contributed by atoms with E-state index in [0.29, 0.717) is 36.4 Å². The molecule has 0 atom stereocenters. The summed E-state index contributed by atoms with van der Waals surface area (Å²) in [5, 5.41) is 6.34. The Labute approximate surface area is 153 Å². The molecule has 0 aliphatic heterocycles.